The highest BCUT2D eigenvalue weighted by molar-refractivity contribution is 9.10. The molecule has 0 aliphatic rings. The van der Waals surface area contributed by atoms with Gasteiger partial charge >= 0.3 is 0 Å². The molecule has 1 heterocycles. The van der Waals surface area contributed by atoms with E-state index < -0.39 is 0 Å². The van der Waals surface area contributed by atoms with Crippen LogP contribution in [0.15, 0.2) is 33.7 Å². The van der Waals surface area contributed by atoms with Crippen molar-refractivity contribution >= 4 is 39.1 Å². The van der Waals surface area contributed by atoms with Crippen LogP contribution in [0.4, 0.5) is 0 Å². The lowest BCUT2D eigenvalue weighted by atomic mass is 10.1. The van der Waals surface area contributed by atoms with Crippen molar-refractivity contribution in [1.82, 2.24) is 9.97 Å². The number of halogens is 3. The minimum Gasteiger partial charge on any atom is -0.309 e. The van der Waals surface area contributed by atoms with Crippen LogP contribution in [0.25, 0.3) is 0 Å². The van der Waals surface area contributed by atoms with Gasteiger partial charge in [-0.3, -0.25) is 4.79 Å². The Balaban J connectivity index is 2.28. The number of hydrogen-bond donors (Lipinski definition) is 1. The van der Waals surface area contributed by atoms with Crippen LogP contribution < -0.4 is 5.56 Å². The minimum absolute atomic E-state index is 0.199. The Morgan fingerprint density at radius 2 is 2.06 bits per heavy atom. The Morgan fingerprint density at radius 1 is 1.29 bits per heavy atom. The lowest BCUT2D eigenvalue weighted by Crippen LogP contribution is -2.11. The molecule has 0 amide bonds. The third kappa shape index (κ3) is 3.09. The van der Waals surface area contributed by atoms with E-state index in [9.17, 15) is 4.79 Å². The van der Waals surface area contributed by atoms with Gasteiger partial charge in [0.25, 0.3) is 5.56 Å². The Kier molecular flexibility index (Phi) is 3.86. The summed E-state index contributed by atoms with van der Waals surface area (Å²) < 4.78 is 0.412. The second kappa shape index (κ2) is 5.21. The molecule has 17 heavy (non-hydrogen) atoms. The molecule has 0 aliphatic carbocycles. The summed E-state index contributed by atoms with van der Waals surface area (Å²) in [6.07, 6.45) is 1.98. The van der Waals surface area contributed by atoms with Crippen molar-refractivity contribution in [2.45, 2.75) is 6.42 Å². The maximum atomic E-state index is 11.4. The van der Waals surface area contributed by atoms with E-state index in [1.54, 1.807) is 12.1 Å². The summed E-state index contributed by atoms with van der Waals surface area (Å²) in [5.74, 6) is 0.580. The zero-order valence-corrected chi connectivity index (χ0v) is 11.6. The molecule has 6 heteroatoms. The molecular weight excluding hydrogens is 327 g/mol. The highest BCUT2D eigenvalue weighted by Gasteiger charge is 2.04. The van der Waals surface area contributed by atoms with E-state index in [-0.39, 0.29) is 5.56 Å². The van der Waals surface area contributed by atoms with Crippen LogP contribution in [0.2, 0.25) is 10.0 Å². The fraction of sp³-hybridized carbons (Fsp3) is 0.0909. The summed E-state index contributed by atoms with van der Waals surface area (Å²) in [4.78, 5) is 18.1. The zero-order chi connectivity index (χ0) is 12.4. The monoisotopic (exact) mass is 332 g/mol. The van der Waals surface area contributed by atoms with Gasteiger partial charge in [0, 0.05) is 12.6 Å². The van der Waals surface area contributed by atoms with Gasteiger partial charge in [-0.2, -0.15) is 0 Å². The minimum atomic E-state index is -0.199. The number of nitrogens with one attached hydrogen (secondary N) is 1. The van der Waals surface area contributed by atoms with Gasteiger partial charge in [-0.15, -0.1) is 0 Å². The third-order valence-electron chi connectivity index (χ3n) is 2.16. The third-order valence-corrected chi connectivity index (χ3v) is 3.47. The molecule has 0 fully saturated rings. The second-order valence-electron chi connectivity index (χ2n) is 3.43. The van der Waals surface area contributed by atoms with Crippen LogP contribution in [0.3, 0.4) is 0 Å². The number of H-pyrrole nitrogens is 1. The average molecular weight is 334 g/mol. The highest BCUT2D eigenvalue weighted by atomic mass is 79.9. The molecule has 0 saturated heterocycles. The van der Waals surface area contributed by atoms with Crippen LogP contribution in [0.1, 0.15) is 11.4 Å². The summed E-state index contributed by atoms with van der Waals surface area (Å²) in [6.45, 7) is 0. The number of aromatic amines is 1. The lowest BCUT2D eigenvalue weighted by Gasteiger charge is -2.03. The Bertz CT molecular complexity index is 613. The molecule has 0 spiro atoms. The standard InChI is InChI=1S/C11H7BrCl2N2O/c12-7-5-15-10(16-11(7)17)4-6-1-2-8(13)9(14)3-6/h1-3,5H,4H2,(H,15,16,17). The largest absolute Gasteiger partial charge is 0.309 e. The maximum absolute atomic E-state index is 11.4. The van der Waals surface area contributed by atoms with Gasteiger partial charge in [-0.1, -0.05) is 29.3 Å². The average Bonchev–Trinajstić information content (AvgIpc) is 2.29. The first-order valence-corrected chi connectivity index (χ1v) is 6.29. The second-order valence-corrected chi connectivity index (χ2v) is 5.10. The van der Waals surface area contributed by atoms with Crippen molar-refractivity contribution in [1.29, 1.82) is 0 Å². The summed E-state index contributed by atoms with van der Waals surface area (Å²) >= 11 is 14.8. The van der Waals surface area contributed by atoms with Crippen molar-refractivity contribution in [3.05, 3.63) is 60.7 Å². The first-order chi connectivity index (χ1) is 8.06. The molecule has 0 unspecified atom stereocenters. The van der Waals surface area contributed by atoms with Gasteiger partial charge in [0.1, 0.15) is 10.3 Å². The molecule has 1 N–H and O–H groups in total. The van der Waals surface area contributed by atoms with Gasteiger partial charge in [-0.25, -0.2) is 4.98 Å². The van der Waals surface area contributed by atoms with E-state index in [2.05, 4.69) is 25.9 Å². The Labute approximate surface area is 116 Å². The zero-order valence-electron chi connectivity index (χ0n) is 8.51. The SMILES string of the molecule is O=c1[nH]c(Cc2ccc(Cl)c(Cl)c2)ncc1Br. The number of rotatable bonds is 2. The van der Waals surface area contributed by atoms with E-state index >= 15 is 0 Å². The van der Waals surface area contributed by atoms with Gasteiger partial charge in [0.2, 0.25) is 0 Å². The van der Waals surface area contributed by atoms with Gasteiger partial charge in [-0.05, 0) is 33.6 Å². The van der Waals surface area contributed by atoms with E-state index in [1.165, 1.54) is 6.20 Å². The normalized spacial score (nSPS) is 10.5. The smallest absolute Gasteiger partial charge is 0.265 e. The molecule has 0 bridgehead atoms. The van der Waals surface area contributed by atoms with Crippen molar-refractivity contribution < 1.29 is 0 Å². The molecule has 2 aromatic rings. The molecule has 0 atom stereocenters. The predicted octanol–water partition coefficient (Wildman–Crippen LogP) is 3.43. The van der Waals surface area contributed by atoms with Crippen molar-refractivity contribution in [3.8, 4) is 0 Å². The van der Waals surface area contributed by atoms with Crippen LogP contribution in [-0.2, 0) is 6.42 Å². The molecule has 88 valence electrons. The highest BCUT2D eigenvalue weighted by Crippen LogP contribution is 2.23. The lowest BCUT2D eigenvalue weighted by molar-refractivity contribution is 0.938. The summed E-state index contributed by atoms with van der Waals surface area (Å²) in [5.41, 5.74) is 0.736. The Hall–Kier alpha value is -0.840. The van der Waals surface area contributed by atoms with E-state index in [0.29, 0.717) is 26.8 Å². The van der Waals surface area contributed by atoms with Crippen LogP contribution in [0.5, 0.6) is 0 Å². The van der Waals surface area contributed by atoms with Crippen LogP contribution in [0, 0.1) is 0 Å². The number of hydrogen-bond acceptors (Lipinski definition) is 2. The van der Waals surface area contributed by atoms with Crippen molar-refractivity contribution in [2.75, 3.05) is 0 Å². The first kappa shape index (κ1) is 12.6. The molecule has 0 aliphatic heterocycles. The van der Waals surface area contributed by atoms with Crippen molar-refractivity contribution in [2.24, 2.45) is 0 Å². The molecule has 1 aromatic heterocycles. The Morgan fingerprint density at radius 3 is 2.71 bits per heavy atom. The van der Waals surface area contributed by atoms with E-state index in [4.69, 9.17) is 23.2 Å². The molecule has 0 saturated carbocycles. The fourth-order valence-corrected chi connectivity index (χ4v) is 1.87. The quantitative estimate of drug-likeness (QED) is 0.915. The summed E-state index contributed by atoms with van der Waals surface area (Å²) in [5, 5.41) is 0.997. The van der Waals surface area contributed by atoms with Crippen LogP contribution >= 0.6 is 39.1 Å². The van der Waals surface area contributed by atoms with Gasteiger partial charge in [0.15, 0.2) is 0 Å². The molecule has 3 nitrogen and oxygen atoms in total. The summed E-state index contributed by atoms with van der Waals surface area (Å²) in [6, 6.07) is 5.32. The number of nitrogens with zero attached hydrogens (tertiary/aromatic N) is 1. The topological polar surface area (TPSA) is 45.8 Å². The predicted molar refractivity (Wildman–Crippen MR) is 71.8 cm³/mol. The molecule has 2 rings (SSSR count). The first-order valence-electron chi connectivity index (χ1n) is 4.74. The fourth-order valence-electron chi connectivity index (χ4n) is 1.35. The number of aromatic nitrogens is 2. The van der Waals surface area contributed by atoms with E-state index in [1.807, 2.05) is 6.07 Å². The van der Waals surface area contributed by atoms with Crippen LogP contribution in [-0.4, -0.2) is 9.97 Å². The van der Waals surface area contributed by atoms with Crippen molar-refractivity contribution in [3.63, 3.8) is 0 Å². The maximum Gasteiger partial charge on any atom is 0.265 e. The molecular formula is C11H7BrCl2N2O. The van der Waals surface area contributed by atoms with Gasteiger partial charge < -0.3 is 4.98 Å². The molecule has 0 radical (unpaired) electrons. The number of benzene rings is 1. The molecule has 1 aromatic carbocycles. The van der Waals surface area contributed by atoms with Gasteiger partial charge in [0.05, 0.1) is 10.0 Å². The van der Waals surface area contributed by atoms with E-state index in [0.717, 1.165) is 5.56 Å². The summed E-state index contributed by atoms with van der Waals surface area (Å²) in [7, 11) is 0.